The number of benzene rings is 2. The van der Waals surface area contributed by atoms with Gasteiger partial charge in [0.25, 0.3) is 5.91 Å². The van der Waals surface area contributed by atoms with Gasteiger partial charge in [0.05, 0.1) is 23.6 Å². The van der Waals surface area contributed by atoms with Crippen molar-refractivity contribution in [2.24, 2.45) is 5.14 Å². The predicted octanol–water partition coefficient (Wildman–Crippen LogP) is 1.76. The predicted molar refractivity (Wildman–Crippen MR) is 89.3 cm³/mol. The van der Waals surface area contributed by atoms with Crippen molar-refractivity contribution < 1.29 is 17.9 Å². The van der Waals surface area contributed by atoms with Crippen molar-refractivity contribution >= 4 is 15.9 Å². The molecular weight excluding hydrogens is 328 g/mol. The summed E-state index contributed by atoms with van der Waals surface area (Å²) >= 11 is 0. The van der Waals surface area contributed by atoms with E-state index in [1.807, 2.05) is 24.3 Å². The fourth-order valence-electron chi connectivity index (χ4n) is 2.98. The van der Waals surface area contributed by atoms with Crippen molar-refractivity contribution in [2.75, 3.05) is 7.11 Å². The zero-order valence-electron chi connectivity index (χ0n) is 13.2. The Morgan fingerprint density at radius 3 is 2.71 bits per heavy atom. The second-order valence-electron chi connectivity index (χ2n) is 5.67. The lowest BCUT2D eigenvalue weighted by Crippen LogP contribution is -2.28. The lowest BCUT2D eigenvalue weighted by molar-refractivity contribution is 0.0933. The molecule has 1 aliphatic rings. The van der Waals surface area contributed by atoms with Crippen LogP contribution < -0.4 is 15.2 Å². The molecular formula is C17H18N2O4S. The summed E-state index contributed by atoms with van der Waals surface area (Å²) in [4.78, 5) is 12.5. The van der Waals surface area contributed by atoms with Crippen molar-refractivity contribution in [3.63, 3.8) is 0 Å². The maximum atomic E-state index is 12.6. The first-order chi connectivity index (χ1) is 11.4. The topological polar surface area (TPSA) is 98.5 Å². The standard InChI is InChI=1S/C17H18N2O4S/c1-23-16-9-7-12(24(18,21)22)10-14(16)17(20)19-15-8-6-11-4-2-3-5-13(11)15/h2-5,7,9-10,15H,6,8H2,1H3,(H,19,20)(H2,18,21,22). The van der Waals surface area contributed by atoms with Gasteiger partial charge < -0.3 is 10.1 Å². The third-order valence-corrected chi connectivity index (χ3v) is 5.09. The number of sulfonamides is 1. The van der Waals surface area contributed by atoms with Crippen LogP contribution in [0.5, 0.6) is 5.75 Å². The lowest BCUT2D eigenvalue weighted by atomic mass is 10.1. The third kappa shape index (κ3) is 3.13. The van der Waals surface area contributed by atoms with Crippen molar-refractivity contribution in [3.8, 4) is 5.75 Å². The van der Waals surface area contributed by atoms with Crippen LogP contribution >= 0.6 is 0 Å². The van der Waals surface area contributed by atoms with Crippen LogP contribution in [0.15, 0.2) is 47.4 Å². The van der Waals surface area contributed by atoms with E-state index in [1.165, 1.54) is 30.9 Å². The zero-order valence-corrected chi connectivity index (χ0v) is 14.0. The monoisotopic (exact) mass is 346 g/mol. The van der Waals surface area contributed by atoms with E-state index in [-0.39, 0.29) is 22.4 Å². The molecule has 2 aromatic carbocycles. The molecule has 0 aromatic heterocycles. The number of nitrogens with one attached hydrogen (secondary N) is 1. The number of methoxy groups -OCH3 is 1. The molecule has 7 heteroatoms. The molecule has 1 atom stereocenters. The minimum Gasteiger partial charge on any atom is -0.496 e. The van der Waals surface area contributed by atoms with Crippen molar-refractivity contribution in [2.45, 2.75) is 23.8 Å². The van der Waals surface area contributed by atoms with E-state index in [9.17, 15) is 13.2 Å². The highest BCUT2D eigenvalue weighted by atomic mass is 32.2. The second-order valence-corrected chi connectivity index (χ2v) is 7.23. The van der Waals surface area contributed by atoms with Crippen LogP contribution in [-0.4, -0.2) is 21.4 Å². The van der Waals surface area contributed by atoms with Gasteiger partial charge in [0.15, 0.2) is 0 Å². The fourth-order valence-corrected chi connectivity index (χ4v) is 3.52. The summed E-state index contributed by atoms with van der Waals surface area (Å²) in [5.41, 5.74) is 2.45. The molecule has 1 unspecified atom stereocenters. The Balaban J connectivity index is 1.90. The van der Waals surface area contributed by atoms with Gasteiger partial charge in [-0.05, 0) is 42.2 Å². The maximum absolute atomic E-state index is 12.6. The Kier molecular flexibility index (Phi) is 4.29. The van der Waals surface area contributed by atoms with E-state index >= 15 is 0 Å². The van der Waals surface area contributed by atoms with Crippen LogP contribution in [0.4, 0.5) is 0 Å². The molecule has 6 nitrogen and oxygen atoms in total. The maximum Gasteiger partial charge on any atom is 0.255 e. The Bertz CT molecular complexity index is 893. The van der Waals surface area contributed by atoms with Gasteiger partial charge in [-0.3, -0.25) is 4.79 Å². The average Bonchev–Trinajstić information content (AvgIpc) is 2.96. The summed E-state index contributed by atoms with van der Waals surface area (Å²) in [5, 5.41) is 8.09. The molecule has 0 aliphatic heterocycles. The largest absolute Gasteiger partial charge is 0.496 e. The first-order valence-electron chi connectivity index (χ1n) is 7.49. The third-order valence-electron chi connectivity index (χ3n) is 4.18. The smallest absolute Gasteiger partial charge is 0.255 e. The summed E-state index contributed by atoms with van der Waals surface area (Å²) in [7, 11) is -2.47. The average molecular weight is 346 g/mol. The molecule has 0 spiro atoms. The Morgan fingerprint density at radius 2 is 2.00 bits per heavy atom. The molecule has 1 amide bonds. The van der Waals surface area contributed by atoms with Crippen LogP contribution in [0.3, 0.4) is 0 Å². The van der Waals surface area contributed by atoms with Crippen LogP contribution in [0, 0.1) is 0 Å². The highest BCUT2D eigenvalue weighted by Gasteiger charge is 2.25. The summed E-state index contributed by atoms with van der Waals surface area (Å²) in [6.45, 7) is 0. The molecule has 126 valence electrons. The molecule has 0 heterocycles. The van der Waals surface area contributed by atoms with Gasteiger partial charge in [0, 0.05) is 0 Å². The minimum atomic E-state index is -3.90. The number of ether oxygens (including phenoxy) is 1. The minimum absolute atomic E-state index is 0.100. The summed E-state index contributed by atoms with van der Waals surface area (Å²) in [6, 6.07) is 11.8. The van der Waals surface area contributed by atoms with Gasteiger partial charge in [-0.2, -0.15) is 0 Å². The molecule has 0 radical (unpaired) electrons. The van der Waals surface area contributed by atoms with Gasteiger partial charge in [0.1, 0.15) is 5.75 Å². The van der Waals surface area contributed by atoms with E-state index in [2.05, 4.69) is 5.32 Å². The first-order valence-corrected chi connectivity index (χ1v) is 9.04. The van der Waals surface area contributed by atoms with E-state index in [0.29, 0.717) is 5.75 Å². The fraction of sp³-hybridized carbons (Fsp3) is 0.235. The van der Waals surface area contributed by atoms with Crippen LogP contribution in [0.1, 0.15) is 33.9 Å². The first kappa shape index (κ1) is 16.5. The molecule has 2 aromatic rings. The number of carbonyl (C=O) groups is 1. The zero-order chi connectivity index (χ0) is 17.3. The highest BCUT2D eigenvalue weighted by molar-refractivity contribution is 7.89. The molecule has 24 heavy (non-hydrogen) atoms. The number of hydrogen-bond acceptors (Lipinski definition) is 4. The molecule has 3 N–H and O–H groups in total. The molecule has 0 bridgehead atoms. The van der Waals surface area contributed by atoms with Crippen molar-refractivity contribution in [1.82, 2.24) is 5.32 Å². The Labute approximate surface area is 140 Å². The van der Waals surface area contributed by atoms with Crippen LogP contribution in [-0.2, 0) is 16.4 Å². The summed E-state index contributed by atoms with van der Waals surface area (Å²) in [6.07, 6.45) is 1.71. The Hall–Kier alpha value is -2.38. The van der Waals surface area contributed by atoms with Crippen LogP contribution in [0.25, 0.3) is 0 Å². The molecule has 3 rings (SSSR count). The van der Waals surface area contributed by atoms with Gasteiger partial charge in [-0.1, -0.05) is 24.3 Å². The number of aryl methyl sites for hydroxylation is 1. The number of amides is 1. The Morgan fingerprint density at radius 1 is 1.25 bits per heavy atom. The number of rotatable bonds is 4. The molecule has 0 saturated carbocycles. The lowest BCUT2D eigenvalue weighted by Gasteiger charge is -2.16. The summed E-state index contributed by atoms with van der Waals surface area (Å²) < 4.78 is 28.2. The quantitative estimate of drug-likeness (QED) is 0.881. The van der Waals surface area contributed by atoms with Gasteiger partial charge in [-0.25, -0.2) is 13.6 Å². The second kappa shape index (κ2) is 6.26. The highest BCUT2D eigenvalue weighted by Crippen LogP contribution is 2.31. The number of primary sulfonamides is 1. The normalized spacial score (nSPS) is 16.5. The number of fused-ring (bicyclic) bond motifs is 1. The van der Waals surface area contributed by atoms with E-state index in [4.69, 9.17) is 9.88 Å². The van der Waals surface area contributed by atoms with Crippen LogP contribution in [0.2, 0.25) is 0 Å². The van der Waals surface area contributed by atoms with E-state index in [1.54, 1.807) is 0 Å². The van der Waals surface area contributed by atoms with E-state index < -0.39 is 10.0 Å². The van der Waals surface area contributed by atoms with Crippen molar-refractivity contribution in [3.05, 3.63) is 59.2 Å². The molecule has 0 fully saturated rings. The van der Waals surface area contributed by atoms with E-state index in [0.717, 1.165) is 18.4 Å². The van der Waals surface area contributed by atoms with Gasteiger partial charge in [0.2, 0.25) is 10.0 Å². The molecule has 1 aliphatic carbocycles. The SMILES string of the molecule is COc1ccc(S(N)(=O)=O)cc1C(=O)NC1CCc2ccccc21. The van der Waals surface area contributed by atoms with Gasteiger partial charge >= 0.3 is 0 Å². The number of hydrogen-bond donors (Lipinski definition) is 2. The van der Waals surface area contributed by atoms with Gasteiger partial charge in [-0.15, -0.1) is 0 Å². The van der Waals surface area contributed by atoms with Crippen molar-refractivity contribution in [1.29, 1.82) is 0 Å². The molecule has 0 saturated heterocycles. The number of carbonyl (C=O) groups excluding carboxylic acids is 1. The number of nitrogens with two attached hydrogens (primary N) is 1. The summed E-state index contributed by atoms with van der Waals surface area (Å²) in [5.74, 6) is -0.0924.